The summed E-state index contributed by atoms with van der Waals surface area (Å²) in [6, 6.07) is 0. The molecular formula is C9H18BNO4. The molecule has 1 aliphatic rings. The molecule has 0 bridgehead atoms. The highest BCUT2D eigenvalue weighted by molar-refractivity contribution is 6.43. The maximum Gasteiger partial charge on any atom is 0.456 e. The van der Waals surface area contributed by atoms with Crippen molar-refractivity contribution in [2.24, 2.45) is 0 Å². The molecule has 1 rings (SSSR count). The van der Waals surface area contributed by atoms with Crippen LogP contribution in [0.15, 0.2) is 0 Å². The fourth-order valence-corrected chi connectivity index (χ4v) is 1.52. The standard InChI is InChI=1S/C9H18BNO4/c1-9(2,3)15-8(12)11-5-4-7(6-11)10(13)14/h7,13-14H,4-6H2,1-3H3. The molecule has 1 saturated heterocycles. The first kappa shape index (κ1) is 12.3. The Balaban J connectivity index is 2.44. The number of likely N-dealkylation sites (tertiary alicyclic amines) is 1. The van der Waals surface area contributed by atoms with Gasteiger partial charge in [-0.2, -0.15) is 0 Å². The van der Waals surface area contributed by atoms with Gasteiger partial charge < -0.3 is 19.7 Å². The number of nitrogens with zero attached hydrogens (tertiary/aromatic N) is 1. The molecule has 0 radical (unpaired) electrons. The summed E-state index contributed by atoms with van der Waals surface area (Å²) in [4.78, 5) is 13.1. The Hall–Kier alpha value is -0.745. The summed E-state index contributed by atoms with van der Waals surface area (Å²) in [6.07, 6.45) is 0.224. The zero-order valence-corrected chi connectivity index (χ0v) is 9.43. The molecule has 0 saturated carbocycles. The van der Waals surface area contributed by atoms with Gasteiger partial charge in [0.1, 0.15) is 5.60 Å². The molecule has 5 nitrogen and oxygen atoms in total. The molecule has 1 unspecified atom stereocenters. The van der Waals surface area contributed by atoms with Crippen molar-refractivity contribution < 1.29 is 19.6 Å². The average Bonchev–Trinajstić information content (AvgIpc) is 2.47. The Morgan fingerprint density at radius 2 is 2.07 bits per heavy atom. The van der Waals surface area contributed by atoms with E-state index >= 15 is 0 Å². The van der Waals surface area contributed by atoms with E-state index in [1.807, 2.05) is 0 Å². The van der Waals surface area contributed by atoms with Gasteiger partial charge in [-0.15, -0.1) is 0 Å². The molecule has 1 heterocycles. The van der Waals surface area contributed by atoms with E-state index in [1.54, 1.807) is 20.8 Å². The number of carbonyl (C=O) groups excluding carboxylic acids is 1. The Labute approximate surface area is 90.2 Å². The van der Waals surface area contributed by atoms with Gasteiger partial charge in [0.05, 0.1) is 0 Å². The number of ether oxygens (including phenoxy) is 1. The van der Waals surface area contributed by atoms with Crippen molar-refractivity contribution in [1.29, 1.82) is 0 Å². The summed E-state index contributed by atoms with van der Waals surface area (Å²) in [5.41, 5.74) is -0.507. The molecule has 15 heavy (non-hydrogen) atoms. The van der Waals surface area contributed by atoms with Crippen LogP contribution < -0.4 is 0 Å². The first-order valence-electron chi connectivity index (χ1n) is 5.13. The van der Waals surface area contributed by atoms with Crippen molar-refractivity contribution in [3.05, 3.63) is 0 Å². The summed E-state index contributed by atoms with van der Waals surface area (Å²) in [7, 11) is -1.35. The third kappa shape index (κ3) is 3.72. The summed E-state index contributed by atoms with van der Waals surface area (Å²) in [5, 5.41) is 17.9. The van der Waals surface area contributed by atoms with E-state index in [9.17, 15) is 4.79 Å². The molecule has 1 amide bonds. The zero-order chi connectivity index (χ0) is 11.6. The quantitative estimate of drug-likeness (QED) is 0.623. The Bertz CT molecular complexity index is 239. The monoisotopic (exact) mass is 215 g/mol. The summed E-state index contributed by atoms with van der Waals surface area (Å²) < 4.78 is 5.17. The van der Waals surface area contributed by atoms with Gasteiger partial charge in [0, 0.05) is 18.9 Å². The van der Waals surface area contributed by atoms with Gasteiger partial charge in [0.15, 0.2) is 0 Å². The Kier molecular flexibility index (Phi) is 3.62. The predicted octanol–water partition coefficient (Wildman–Crippen LogP) is 0.470. The van der Waals surface area contributed by atoms with Crippen LogP contribution in [0.2, 0.25) is 5.82 Å². The van der Waals surface area contributed by atoms with E-state index in [-0.39, 0.29) is 11.9 Å². The van der Waals surface area contributed by atoms with Gasteiger partial charge >= 0.3 is 13.2 Å². The van der Waals surface area contributed by atoms with Crippen molar-refractivity contribution in [3.63, 3.8) is 0 Å². The summed E-state index contributed by atoms with van der Waals surface area (Å²) in [6.45, 7) is 6.29. The van der Waals surface area contributed by atoms with Gasteiger partial charge in [-0.25, -0.2) is 4.79 Å². The second kappa shape index (κ2) is 4.41. The normalized spacial score (nSPS) is 21.7. The fourth-order valence-electron chi connectivity index (χ4n) is 1.52. The first-order chi connectivity index (χ1) is 6.79. The van der Waals surface area contributed by atoms with Crippen LogP contribution in [0.3, 0.4) is 0 Å². The Morgan fingerprint density at radius 1 is 1.47 bits per heavy atom. The van der Waals surface area contributed by atoms with E-state index in [0.29, 0.717) is 19.5 Å². The summed E-state index contributed by atoms with van der Waals surface area (Å²) >= 11 is 0. The SMILES string of the molecule is CC(C)(C)OC(=O)N1CCC(B(O)O)C1. The Morgan fingerprint density at radius 3 is 2.47 bits per heavy atom. The average molecular weight is 215 g/mol. The maximum absolute atomic E-state index is 11.6. The van der Waals surface area contributed by atoms with Crippen LogP contribution in [0.5, 0.6) is 0 Å². The lowest BCUT2D eigenvalue weighted by molar-refractivity contribution is 0.0294. The predicted molar refractivity (Wildman–Crippen MR) is 56.4 cm³/mol. The first-order valence-corrected chi connectivity index (χ1v) is 5.13. The van der Waals surface area contributed by atoms with Gasteiger partial charge in [0.2, 0.25) is 0 Å². The lowest BCUT2D eigenvalue weighted by Crippen LogP contribution is -2.36. The number of rotatable bonds is 1. The smallest absolute Gasteiger partial charge is 0.444 e. The van der Waals surface area contributed by atoms with Crippen LogP contribution in [0.25, 0.3) is 0 Å². The number of carbonyl (C=O) groups is 1. The van der Waals surface area contributed by atoms with Crippen LogP contribution in [0.4, 0.5) is 4.79 Å². The van der Waals surface area contributed by atoms with Crippen molar-refractivity contribution in [1.82, 2.24) is 4.90 Å². The molecule has 1 atom stereocenters. The van der Waals surface area contributed by atoms with Crippen LogP contribution in [-0.4, -0.2) is 46.9 Å². The highest BCUT2D eigenvalue weighted by Gasteiger charge is 2.35. The molecule has 0 aromatic carbocycles. The van der Waals surface area contributed by atoms with E-state index in [1.165, 1.54) is 4.90 Å². The second-order valence-corrected chi connectivity index (χ2v) is 4.89. The van der Waals surface area contributed by atoms with Crippen molar-refractivity contribution in [2.45, 2.75) is 38.6 Å². The van der Waals surface area contributed by atoms with Crippen molar-refractivity contribution >= 4 is 13.2 Å². The molecular weight excluding hydrogens is 197 g/mol. The van der Waals surface area contributed by atoms with E-state index in [0.717, 1.165) is 0 Å². The summed E-state index contributed by atoms with van der Waals surface area (Å²) in [5.74, 6) is -0.252. The van der Waals surface area contributed by atoms with Gasteiger partial charge in [-0.1, -0.05) is 0 Å². The molecule has 0 aromatic rings. The van der Waals surface area contributed by atoms with Crippen LogP contribution >= 0.6 is 0 Å². The highest BCUT2D eigenvalue weighted by Crippen LogP contribution is 2.24. The lowest BCUT2D eigenvalue weighted by Gasteiger charge is -2.24. The molecule has 0 spiro atoms. The largest absolute Gasteiger partial charge is 0.456 e. The zero-order valence-electron chi connectivity index (χ0n) is 9.43. The molecule has 2 N–H and O–H groups in total. The third-order valence-electron chi connectivity index (χ3n) is 2.30. The van der Waals surface area contributed by atoms with E-state index in [2.05, 4.69) is 0 Å². The van der Waals surface area contributed by atoms with Gasteiger partial charge in [0.25, 0.3) is 0 Å². The van der Waals surface area contributed by atoms with E-state index in [4.69, 9.17) is 14.8 Å². The molecule has 1 aliphatic heterocycles. The van der Waals surface area contributed by atoms with Crippen LogP contribution in [0.1, 0.15) is 27.2 Å². The molecule has 0 aromatic heterocycles. The second-order valence-electron chi connectivity index (χ2n) is 4.89. The minimum absolute atomic E-state index is 0.252. The lowest BCUT2D eigenvalue weighted by atomic mass is 9.72. The number of hydrogen-bond donors (Lipinski definition) is 2. The van der Waals surface area contributed by atoms with Crippen LogP contribution in [-0.2, 0) is 4.74 Å². The highest BCUT2D eigenvalue weighted by atomic mass is 16.6. The minimum Gasteiger partial charge on any atom is -0.444 e. The molecule has 6 heteroatoms. The molecule has 86 valence electrons. The van der Waals surface area contributed by atoms with Gasteiger partial charge in [-0.3, -0.25) is 0 Å². The van der Waals surface area contributed by atoms with Crippen LogP contribution in [0, 0.1) is 0 Å². The van der Waals surface area contributed by atoms with Crippen molar-refractivity contribution in [2.75, 3.05) is 13.1 Å². The van der Waals surface area contributed by atoms with E-state index < -0.39 is 12.7 Å². The number of amides is 1. The molecule has 1 fully saturated rings. The maximum atomic E-state index is 11.6. The van der Waals surface area contributed by atoms with Crippen molar-refractivity contribution in [3.8, 4) is 0 Å². The molecule has 0 aliphatic carbocycles. The topological polar surface area (TPSA) is 70.0 Å². The number of hydrogen-bond acceptors (Lipinski definition) is 4. The van der Waals surface area contributed by atoms with Gasteiger partial charge in [-0.05, 0) is 27.2 Å². The minimum atomic E-state index is -1.35. The fraction of sp³-hybridized carbons (Fsp3) is 0.889. The third-order valence-corrected chi connectivity index (χ3v) is 2.30.